The SMILES string of the molecule is CCN(Cc1ccccc1)C(=O)c1ccnc(NCC2CCCO2)c1. The molecule has 1 aliphatic rings. The van der Waals surface area contributed by atoms with Gasteiger partial charge in [0, 0.05) is 38.0 Å². The molecule has 132 valence electrons. The number of benzene rings is 1. The molecule has 0 spiro atoms. The maximum Gasteiger partial charge on any atom is 0.254 e. The maximum atomic E-state index is 12.8. The molecule has 1 unspecified atom stereocenters. The molecule has 0 saturated carbocycles. The van der Waals surface area contributed by atoms with E-state index in [1.165, 1.54) is 0 Å². The maximum absolute atomic E-state index is 12.8. The third-order valence-electron chi connectivity index (χ3n) is 4.43. The van der Waals surface area contributed by atoms with Crippen LogP contribution in [0.1, 0.15) is 35.7 Å². The summed E-state index contributed by atoms with van der Waals surface area (Å²) in [6, 6.07) is 13.6. The van der Waals surface area contributed by atoms with E-state index in [0.29, 0.717) is 18.7 Å². The summed E-state index contributed by atoms with van der Waals surface area (Å²) in [6.07, 6.45) is 4.11. The molecule has 25 heavy (non-hydrogen) atoms. The lowest BCUT2D eigenvalue weighted by molar-refractivity contribution is 0.0752. The molecule has 1 aromatic heterocycles. The van der Waals surface area contributed by atoms with Crippen molar-refractivity contribution in [3.63, 3.8) is 0 Å². The van der Waals surface area contributed by atoms with Gasteiger partial charge in [-0.25, -0.2) is 4.98 Å². The van der Waals surface area contributed by atoms with Crippen molar-refractivity contribution in [3.8, 4) is 0 Å². The molecule has 3 rings (SSSR count). The summed E-state index contributed by atoms with van der Waals surface area (Å²) in [4.78, 5) is 19.0. The number of hydrogen-bond donors (Lipinski definition) is 1. The first-order valence-electron chi connectivity index (χ1n) is 8.91. The molecule has 2 heterocycles. The van der Waals surface area contributed by atoms with Crippen LogP contribution in [0.4, 0.5) is 5.82 Å². The predicted octanol–water partition coefficient (Wildman–Crippen LogP) is 3.33. The van der Waals surface area contributed by atoms with Crippen LogP contribution >= 0.6 is 0 Å². The highest BCUT2D eigenvalue weighted by atomic mass is 16.5. The average Bonchev–Trinajstić information content (AvgIpc) is 3.18. The molecule has 1 N–H and O–H groups in total. The lowest BCUT2D eigenvalue weighted by Crippen LogP contribution is -2.30. The number of nitrogens with one attached hydrogen (secondary N) is 1. The Morgan fingerprint density at radius 1 is 1.32 bits per heavy atom. The van der Waals surface area contributed by atoms with Gasteiger partial charge in [-0.15, -0.1) is 0 Å². The summed E-state index contributed by atoms with van der Waals surface area (Å²) in [5.41, 5.74) is 1.78. The second kappa shape index (κ2) is 8.62. The standard InChI is InChI=1S/C20H25N3O2/c1-2-23(15-16-7-4-3-5-8-16)20(24)17-10-11-21-19(13-17)22-14-18-9-6-12-25-18/h3-5,7-8,10-11,13,18H,2,6,9,12,14-15H2,1H3,(H,21,22). The van der Waals surface area contributed by atoms with E-state index >= 15 is 0 Å². The van der Waals surface area contributed by atoms with Crippen LogP contribution in [0.15, 0.2) is 48.7 Å². The van der Waals surface area contributed by atoms with Crippen LogP contribution in [0, 0.1) is 0 Å². The molecule has 0 radical (unpaired) electrons. The van der Waals surface area contributed by atoms with Gasteiger partial charge in [0.25, 0.3) is 5.91 Å². The van der Waals surface area contributed by atoms with E-state index in [-0.39, 0.29) is 12.0 Å². The topological polar surface area (TPSA) is 54.5 Å². The number of carbonyl (C=O) groups excluding carboxylic acids is 1. The average molecular weight is 339 g/mol. The van der Waals surface area contributed by atoms with Crippen molar-refractivity contribution in [3.05, 3.63) is 59.8 Å². The fourth-order valence-electron chi connectivity index (χ4n) is 3.00. The van der Waals surface area contributed by atoms with Crippen LogP contribution in [0.2, 0.25) is 0 Å². The van der Waals surface area contributed by atoms with E-state index in [1.54, 1.807) is 12.3 Å². The summed E-state index contributed by atoms with van der Waals surface area (Å²) in [7, 11) is 0. The van der Waals surface area contributed by atoms with Crippen molar-refractivity contribution in [2.24, 2.45) is 0 Å². The van der Waals surface area contributed by atoms with Crippen molar-refractivity contribution >= 4 is 11.7 Å². The number of nitrogens with zero attached hydrogens (tertiary/aromatic N) is 2. The van der Waals surface area contributed by atoms with Crippen molar-refractivity contribution < 1.29 is 9.53 Å². The largest absolute Gasteiger partial charge is 0.376 e. The molecule has 1 aliphatic heterocycles. The smallest absolute Gasteiger partial charge is 0.254 e. The molecule has 1 saturated heterocycles. The van der Waals surface area contributed by atoms with Gasteiger partial charge in [-0.2, -0.15) is 0 Å². The van der Waals surface area contributed by atoms with Crippen LogP contribution in [0.25, 0.3) is 0 Å². The van der Waals surface area contributed by atoms with Gasteiger partial charge in [-0.1, -0.05) is 30.3 Å². The number of ether oxygens (including phenoxy) is 1. The summed E-state index contributed by atoms with van der Waals surface area (Å²) in [6.45, 7) is 4.83. The highest BCUT2D eigenvalue weighted by molar-refractivity contribution is 5.94. The number of anilines is 1. The van der Waals surface area contributed by atoms with E-state index in [9.17, 15) is 4.79 Å². The van der Waals surface area contributed by atoms with Gasteiger partial charge >= 0.3 is 0 Å². The number of amides is 1. The minimum atomic E-state index is 0.0221. The number of aromatic nitrogens is 1. The Labute approximate surface area is 149 Å². The summed E-state index contributed by atoms with van der Waals surface area (Å²) >= 11 is 0. The van der Waals surface area contributed by atoms with Crippen molar-refractivity contribution in [1.29, 1.82) is 0 Å². The van der Waals surface area contributed by atoms with Gasteiger partial charge < -0.3 is 15.0 Å². The number of rotatable bonds is 7. The van der Waals surface area contributed by atoms with Gasteiger partial charge in [0.15, 0.2) is 0 Å². The Morgan fingerprint density at radius 2 is 2.16 bits per heavy atom. The molecular weight excluding hydrogens is 314 g/mol. The third kappa shape index (κ3) is 4.79. The molecular formula is C20H25N3O2. The second-order valence-electron chi connectivity index (χ2n) is 6.25. The zero-order chi connectivity index (χ0) is 17.5. The van der Waals surface area contributed by atoms with Crippen molar-refractivity contribution in [1.82, 2.24) is 9.88 Å². The first-order chi connectivity index (χ1) is 12.3. The lowest BCUT2D eigenvalue weighted by Gasteiger charge is -2.21. The lowest BCUT2D eigenvalue weighted by atomic mass is 10.1. The van der Waals surface area contributed by atoms with E-state index < -0.39 is 0 Å². The molecule has 2 aromatic rings. The van der Waals surface area contributed by atoms with Crippen LogP contribution in [0.3, 0.4) is 0 Å². The van der Waals surface area contributed by atoms with Crippen molar-refractivity contribution in [2.75, 3.05) is 25.0 Å². The third-order valence-corrected chi connectivity index (χ3v) is 4.43. The van der Waals surface area contributed by atoms with Gasteiger partial charge in [-0.3, -0.25) is 4.79 Å². The molecule has 1 aromatic carbocycles. The quantitative estimate of drug-likeness (QED) is 0.841. The van der Waals surface area contributed by atoms with Gasteiger partial charge in [-0.05, 0) is 37.5 Å². The Hall–Kier alpha value is -2.40. The molecule has 1 atom stereocenters. The first kappa shape index (κ1) is 17.4. The molecule has 5 nitrogen and oxygen atoms in total. The van der Waals surface area contributed by atoms with Crippen molar-refractivity contribution in [2.45, 2.75) is 32.4 Å². The minimum absolute atomic E-state index is 0.0221. The number of pyridine rings is 1. The monoisotopic (exact) mass is 339 g/mol. The number of hydrogen-bond acceptors (Lipinski definition) is 4. The van der Waals surface area contributed by atoms with Gasteiger partial charge in [0.1, 0.15) is 5.82 Å². The van der Waals surface area contributed by atoms with E-state index in [0.717, 1.165) is 37.4 Å². The Morgan fingerprint density at radius 3 is 2.88 bits per heavy atom. The van der Waals surface area contributed by atoms with Crippen LogP contribution in [0.5, 0.6) is 0 Å². The Bertz CT molecular complexity index is 684. The summed E-state index contributed by atoms with van der Waals surface area (Å²) in [5.74, 6) is 0.742. The molecule has 1 fully saturated rings. The summed E-state index contributed by atoms with van der Waals surface area (Å²) < 4.78 is 5.61. The predicted molar refractivity (Wildman–Crippen MR) is 98.6 cm³/mol. The fraction of sp³-hybridized carbons (Fsp3) is 0.400. The van der Waals surface area contributed by atoms with E-state index in [2.05, 4.69) is 10.3 Å². The Balaban J connectivity index is 1.64. The molecule has 1 amide bonds. The van der Waals surface area contributed by atoms with Crippen LogP contribution in [-0.4, -0.2) is 41.6 Å². The highest BCUT2D eigenvalue weighted by Gasteiger charge is 2.17. The zero-order valence-electron chi connectivity index (χ0n) is 14.6. The zero-order valence-corrected chi connectivity index (χ0v) is 14.6. The highest BCUT2D eigenvalue weighted by Crippen LogP contribution is 2.15. The Kier molecular flexibility index (Phi) is 6.01. The number of carbonyl (C=O) groups is 1. The second-order valence-corrected chi connectivity index (χ2v) is 6.25. The molecule has 0 bridgehead atoms. The van der Waals surface area contributed by atoms with Crippen LogP contribution < -0.4 is 5.32 Å². The van der Waals surface area contributed by atoms with Crippen LogP contribution in [-0.2, 0) is 11.3 Å². The van der Waals surface area contributed by atoms with E-state index in [4.69, 9.17) is 4.74 Å². The normalized spacial score (nSPS) is 16.6. The summed E-state index contributed by atoms with van der Waals surface area (Å²) in [5, 5.41) is 3.28. The minimum Gasteiger partial charge on any atom is -0.376 e. The van der Waals surface area contributed by atoms with E-state index in [1.807, 2.05) is 48.2 Å². The molecule has 5 heteroatoms. The van der Waals surface area contributed by atoms with Gasteiger partial charge in [0.2, 0.25) is 0 Å². The first-order valence-corrected chi connectivity index (χ1v) is 8.91. The van der Waals surface area contributed by atoms with Gasteiger partial charge in [0.05, 0.1) is 6.10 Å². The molecule has 0 aliphatic carbocycles. The fourth-order valence-corrected chi connectivity index (χ4v) is 3.00.